The van der Waals surface area contributed by atoms with Crippen molar-refractivity contribution in [1.29, 1.82) is 0 Å². The van der Waals surface area contributed by atoms with E-state index in [1.807, 2.05) is 42.5 Å². The maximum atomic E-state index is 12.7. The van der Waals surface area contributed by atoms with Gasteiger partial charge in [0.25, 0.3) is 0 Å². The fourth-order valence-corrected chi connectivity index (χ4v) is 4.68. The number of benzene rings is 2. The molecular formula is C23H20N4O. The summed E-state index contributed by atoms with van der Waals surface area (Å²) < 4.78 is 2.07. The van der Waals surface area contributed by atoms with E-state index in [1.54, 1.807) is 12.5 Å². The van der Waals surface area contributed by atoms with Gasteiger partial charge < -0.3 is 10.3 Å². The first-order chi connectivity index (χ1) is 13.7. The number of hydrogen-bond donors (Lipinski definition) is 1. The molecule has 2 heterocycles. The van der Waals surface area contributed by atoms with Crippen LogP contribution >= 0.6 is 0 Å². The van der Waals surface area contributed by atoms with E-state index in [2.05, 4.69) is 38.8 Å². The molecule has 0 fully saturated rings. The number of fused-ring (bicyclic) bond motifs is 2. The van der Waals surface area contributed by atoms with Crippen molar-refractivity contribution in [2.24, 2.45) is 11.7 Å². The third-order valence-electron chi connectivity index (χ3n) is 5.88. The zero-order valence-electron chi connectivity index (χ0n) is 15.3. The number of aromatic nitrogens is 3. The van der Waals surface area contributed by atoms with Crippen LogP contribution in [0.25, 0.3) is 11.2 Å². The third kappa shape index (κ3) is 2.36. The Labute approximate surface area is 162 Å². The van der Waals surface area contributed by atoms with Crippen molar-refractivity contribution in [2.75, 3.05) is 0 Å². The average Bonchev–Trinajstić information content (AvgIpc) is 3.29. The Morgan fingerprint density at radius 2 is 1.82 bits per heavy atom. The molecule has 4 aromatic rings. The van der Waals surface area contributed by atoms with Gasteiger partial charge in [0.05, 0.1) is 17.8 Å². The molecule has 2 aromatic carbocycles. The van der Waals surface area contributed by atoms with Crippen molar-refractivity contribution in [3.63, 3.8) is 0 Å². The maximum absolute atomic E-state index is 12.7. The van der Waals surface area contributed by atoms with Gasteiger partial charge >= 0.3 is 0 Å². The quantitative estimate of drug-likeness (QED) is 0.602. The SMILES string of the molecule is NC(=O)C1Cc2ccccc2C1(Cc1ccccc1)n1cnc2cccnc21. The number of imidazole rings is 1. The van der Waals surface area contributed by atoms with Crippen LogP contribution in [0.3, 0.4) is 0 Å². The van der Waals surface area contributed by atoms with Gasteiger partial charge in [0, 0.05) is 12.6 Å². The molecule has 0 saturated carbocycles. The Hall–Kier alpha value is -3.47. The highest BCUT2D eigenvalue weighted by atomic mass is 16.1. The van der Waals surface area contributed by atoms with Gasteiger partial charge in [-0.1, -0.05) is 54.6 Å². The Morgan fingerprint density at radius 3 is 2.64 bits per heavy atom. The monoisotopic (exact) mass is 368 g/mol. The van der Waals surface area contributed by atoms with Crippen LogP contribution < -0.4 is 5.73 Å². The van der Waals surface area contributed by atoms with Crippen molar-refractivity contribution in [3.8, 4) is 0 Å². The molecule has 1 aliphatic rings. The first-order valence-corrected chi connectivity index (χ1v) is 9.40. The summed E-state index contributed by atoms with van der Waals surface area (Å²) in [7, 11) is 0. The predicted molar refractivity (Wildman–Crippen MR) is 108 cm³/mol. The van der Waals surface area contributed by atoms with Crippen molar-refractivity contribution in [1.82, 2.24) is 14.5 Å². The predicted octanol–water partition coefficient (Wildman–Crippen LogP) is 3.08. The minimum Gasteiger partial charge on any atom is -0.369 e. The highest BCUT2D eigenvalue weighted by Gasteiger charge is 2.51. The van der Waals surface area contributed by atoms with Gasteiger partial charge in [-0.2, -0.15) is 0 Å². The molecule has 5 heteroatoms. The fraction of sp³-hybridized carbons (Fsp3) is 0.174. The van der Waals surface area contributed by atoms with Crippen LogP contribution in [-0.4, -0.2) is 20.4 Å². The Bertz CT molecular complexity index is 1170. The number of rotatable bonds is 4. The Morgan fingerprint density at radius 1 is 1.04 bits per heavy atom. The third-order valence-corrected chi connectivity index (χ3v) is 5.88. The summed E-state index contributed by atoms with van der Waals surface area (Å²) >= 11 is 0. The molecule has 0 bridgehead atoms. The summed E-state index contributed by atoms with van der Waals surface area (Å²) in [5.74, 6) is -0.686. The van der Waals surface area contributed by atoms with E-state index in [-0.39, 0.29) is 11.8 Å². The van der Waals surface area contributed by atoms with Gasteiger partial charge in [-0.15, -0.1) is 0 Å². The Balaban J connectivity index is 1.83. The number of primary amides is 1. The number of nitrogens with two attached hydrogens (primary N) is 1. The highest BCUT2D eigenvalue weighted by molar-refractivity contribution is 5.82. The molecule has 1 aliphatic carbocycles. The van der Waals surface area contributed by atoms with Crippen LogP contribution in [0, 0.1) is 5.92 Å². The normalized spacial score (nSPS) is 20.9. The molecule has 1 amide bonds. The van der Waals surface area contributed by atoms with E-state index in [9.17, 15) is 4.79 Å². The zero-order valence-corrected chi connectivity index (χ0v) is 15.3. The number of pyridine rings is 1. The van der Waals surface area contributed by atoms with Gasteiger partial charge in [0.15, 0.2) is 5.65 Å². The minimum absolute atomic E-state index is 0.301. The molecule has 5 rings (SSSR count). The van der Waals surface area contributed by atoms with Crippen molar-refractivity contribution in [2.45, 2.75) is 18.4 Å². The van der Waals surface area contributed by atoms with E-state index in [0.717, 1.165) is 27.9 Å². The summed E-state index contributed by atoms with van der Waals surface area (Å²) in [6.07, 6.45) is 4.82. The number of hydrogen-bond acceptors (Lipinski definition) is 3. The van der Waals surface area contributed by atoms with Crippen LogP contribution in [0.1, 0.15) is 16.7 Å². The number of carbonyl (C=O) groups is 1. The summed E-state index contributed by atoms with van der Waals surface area (Å²) in [6.45, 7) is 0. The second-order valence-corrected chi connectivity index (χ2v) is 7.36. The molecule has 2 unspecified atom stereocenters. The van der Waals surface area contributed by atoms with Crippen molar-refractivity contribution >= 4 is 17.1 Å². The standard InChI is InChI=1S/C23H20N4O/c24-21(28)19-13-17-9-4-5-10-18(17)23(19,14-16-7-2-1-3-8-16)27-15-26-20-11-6-12-25-22(20)27/h1-12,15,19H,13-14H2,(H2,24,28). The summed E-state index contributed by atoms with van der Waals surface area (Å²) in [4.78, 5) is 21.8. The van der Waals surface area contributed by atoms with E-state index in [0.29, 0.717) is 12.8 Å². The molecule has 2 atom stereocenters. The lowest BCUT2D eigenvalue weighted by molar-refractivity contribution is -0.124. The topological polar surface area (TPSA) is 73.8 Å². The van der Waals surface area contributed by atoms with Gasteiger partial charge in [-0.05, 0) is 35.2 Å². The number of amides is 1. The Kier molecular flexibility index (Phi) is 3.76. The lowest BCUT2D eigenvalue weighted by Crippen LogP contribution is -2.47. The van der Waals surface area contributed by atoms with Gasteiger partial charge in [-0.25, -0.2) is 9.97 Å². The van der Waals surface area contributed by atoms with Crippen LogP contribution in [0.4, 0.5) is 0 Å². The molecule has 0 radical (unpaired) electrons. The van der Waals surface area contributed by atoms with Crippen LogP contribution in [0.5, 0.6) is 0 Å². The lowest BCUT2D eigenvalue weighted by Gasteiger charge is -2.37. The van der Waals surface area contributed by atoms with Crippen molar-refractivity contribution < 1.29 is 4.79 Å². The van der Waals surface area contributed by atoms with E-state index >= 15 is 0 Å². The van der Waals surface area contributed by atoms with Crippen LogP contribution in [0.2, 0.25) is 0 Å². The summed E-state index contributed by atoms with van der Waals surface area (Å²) in [6, 6.07) is 22.3. The van der Waals surface area contributed by atoms with Gasteiger partial charge in [0.2, 0.25) is 5.91 Å². The summed E-state index contributed by atoms with van der Waals surface area (Å²) in [5.41, 5.74) is 10.3. The van der Waals surface area contributed by atoms with Gasteiger partial charge in [0.1, 0.15) is 5.52 Å². The minimum atomic E-state index is -0.660. The van der Waals surface area contributed by atoms with Crippen LogP contribution in [0.15, 0.2) is 79.3 Å². The molecule has 2 N–H and O–H groups in total. The molecular weight excluding hydrogens is 348 g/mol. The first kappa shape index (κ1) is 16.7. The second kappa shape index (κ2) is 6.30. The van der Waals surface area contributed by atoms with Gasteiger partial charge in [-0.3, -0.25) is 4.79 Å². The highest BCUT2D eigenvalue weighted by Crippen LogP contribution is 2.47. The van der Waals surface area contributed by atoms with Crippen molar-refractivity contribution in [3.05, 3.63) is 95.9 Å². The first-order valence-electron chi connectivity index (χ1n) is 9.40. The maximum Gasteiger partial charge on any atom is 0.223 e. The second-order valence-electron chi connectivity index (χ2n) is 7.36. The zero-order chi connectivity index (χ0) is 19.1. The fourth-order valence-electron chi connectivity index (χ4n) is 4.68. The summed E-state index contributed by atoms with van der Waals surface area (Å²) in [5, 5.41) is 0. The average molecular weight is 368 g/mol. The molecule has 138 valence electrons. The van der Waals surface area contributed by atoms with E-state index in [4.69, 9.17) is 5.73 Å². The van der Waals surface area contributed by atoms with E-state index < -0.39 is 5.54 Å². The molecule has 2 aromatic heterocycles. The number of nitrogens with zero attached hydrogens (tertiary/aromatic N) is 3. The van der Waals surface area contributed by atoms with E-state index in [1.165, 1.54) is 0 Å². The lowest BCUT2D eigenvalue weighted by atomic mass is 9.77. The molecule has 0 spiro atoms. The molecule has 0 aliphatic heterocycles. The smallest absolute Gasteiger partial charge is 0.223 e. The largest absolute Gasteiger partial charge is 0.369 e. The molecule has 28 heavy (non-hydrogen) atoms. The number of carbonyl (C=O) groups excluding carboxylic acids is 1. The van der Waals surface area contributed by atoms with Crippen LogP contribution in [-0.2, 0) is 23.2 Å². The molecule has 5 nitrogen and oxygen atoms in total. The molecule has 0 saturated heterocycles.